The molecule has 0 radical (unpaired) electrons. The maximum Gasteiger partial charge on any atom is 0.125 e. The van der Waals surface area contributed by atoms with E-state index in [4.69, 9.17) is 4.74 Å². The molecule has 1 aliphatic rings. The zero-order chi connectivity index (χ0) is 15.8. The van der Waals surface area contributed by atoms with E-state index in [1.54, 1.807) is 0 Å². The number of nitrogens with zero attached hydrogens (tertiary/aromatic N) is 1. The van der Waals surface area contributed by atoms with Crippen LogP contribution in [-0.4, -0.2) is 31.1 Å². The summed E-state index contributed by atoms with van der Waals surface area (Å²) in [6.07, 6.45) is 9.40. The van der Waals surface area contributed by atoms with E-state index >= 15 is 0 Å². The van der Waals surface area contributed by atoms with Gasteiger partial charge in [0.05, 0.1) is 6.61 Å². The van der Waals surface area contributed by atoms with Crippen molar-refractivity contribution in [3.63, 3.8) is 0 Å². The fourth-order valence-corrected chi connectivity index (χ4v) is 3.54. The van der Waals surface area contributed by atoms with Crippen molar-refractivity contribution in [1.82, 2.24) is 4.90 Å². The summed E-state index contributed by atoms with van der Waals surface area (Å²) in [5, 5.41) is 0. The maximum absolute atomic E-state index is 6.01. The van der Waals surface area contributed by atoms with Gasteiger partial charge in [-0.1, -0.05) is 37.0 Å². The number of hydrogen-bond donors (Lipinski definition) is 0. The summed E-state index contributed by atoms with van der Waals surface area (Å²) in [5.41, 5.74) is 3.85. The van der Waals surface area contributed by atoms with E-state index < -0.39 is 0 Å². The lowest BCUT2D eigenvalue weighted by Gasteiger charge is -2.26. The second kappa shape index (κ2) is 9.19. The second-order valence-corrected chi connectivity index (χ2v) is 6.89. The van der Waals surface area contributed by atoms with Gasteiger partial charge in [0.15, 0.2) is 0 Å². The molecule has 1 fully saturated rings. The van der Waals surface area contributed by atoms with Gasteiger partial charge in [-0.3, -0.25) is 0 Å². The monoisotopic (exact) mass is 303 g/mol. The molecule has 0 unspecified atom stereocenters. The zero-order valence-corrected chi connectivity index (χ0v) is 14.8. The minimum atomic E-state index is 0.856. The Morgan fingerprint density at radius 1 is 0.864 bits per heavy atom. The second-order valence-electron chi connectivity index (χ2n) is 6.89. The molecule has 0 bridgehead atoms. The normalized spacial score (nSPS) is 16.0. The number of unbranched alkanes of at least 4 members (excludes halogenated alkanes) is 3. The number of aryl methyl sites for hydroxylation is 3. The fourth-order valence-electron chi connectivity index (χ4n) is 3.54. The van der Waals surface area contributed by atoms with E-state index in [1.165, 1.54) is 81.3 Å². The molecular weight excluding hydrogens is 270 g/mol. The minimum absolute atomic E-state index is 0.856. The first-order chi connectivity index (χ1) is 10.7. The summed E-state index contributed by atoms with van der Waals surface area (Å²) in [6.45, 7) is 11.3. The standard InChI is InChI=1S/C20H33NO/c1-17-15-18(2)20(19(3)16-17)22-14-10-5-4-7-11-21-12-8-6-9-13-21/h15-16H,4-14H2,1-3H3. The van der Waals surface area contributed by atoms with Gasteiger partial charge >= 0.3 is 0 Å². The van der Waals surface area contributed by atoms with Crippen molar-refractivity contribution in [2.75, 3.05) is 26.2 Å². The van der Waals surface area contributed by atoms with Crippen LogP contribution < -0.4 is 4.74 Å². The van der Waals surface area contributed by atoms with Crippen LogP contribution in [0, 0.1) is 20.8 Å². The van der Waals surface area contributed by atoms with E-state index in [9.17, 15) is 0 Å². The molecule has 22 heavy (non-hydrogen) atoms. The van der Waals surface area contributed by atoms with Gasteiger partial charge in [-0.15, -0.1) is 0 Å². The molecule has 2 rings (SSSR count). The van der Waals surface area contributed by atoms with Gasteiger partial charge in [-0.2, -0.15) is 0 Å². The number of hydrogen-bond acceptors (Lipinski definition) is 2. The van der Waals surface area contributed by atoms with Crippen LogP contribution in [0.5, 0.6) is 5.75 Å². The average molecular weight is 303 g/mol. The molecule has 0 atom stereocenters. The van der Waals surface area contributed by atoms with Crippen molar-refractivity contribution in [3.8, 4) is 5.75 Å². The highest BCUT2D eigenvalue weighted by atomic mass is 16.5. The summed E-state index contributed by atoms with van der Waals surface area (Å²) in [4.78, 5) is 2.64. The van der Waals surface area contributed by atoms with E-state index in [0.29, 0.717) is 0 Å². The summed E-state index contributed by atoms with van der Waals surface area (Å²) < 4.78 is 6.01. The van der Waals surface area contributed by atoms with Crippen molar-refractivity contribution < 1.29 is 4.74 Å². The molecule has 2 heteroatoms. The van der Waals surface area contributed by atoms with Crippen molar-refractivity contribution >= 4 is 0 Å². The van der Waals surface area contributed by atoms with Crippen LogP contribution in [0.2, 0.25) is 0 Å². The summed E-state index contributed by atoms with van der Waals surface area (Å²) in [5.74, 6) is 1.10. The van der Waals surface area contributed by atoms with Gasteiger partial charge in [-0.05, 0) is 77.2 Å². The molecule has 1 saturated heterocycles. The van der Waals surface area contributed by atoms with Crippen LogP contribution in [0.3, 0.4) is 0 Å². The van der Waals surface area contributed by atoms with Crippen LogP contribution in [0.25, 0.3) is 0 Å². The summed E-state index contributed by atoms with van der Waals surface area (Å²) in [6, 6.07) is 4.42. The van der Waals surface area contributed by atoms with E-state index in [-0.39, 0.29) is 0 Å². The number of ether oxygens (including phenoxy) is 1. The molecule has 0 amide bonds. The quantitative estimate of drug-likeness (QED) is 0.624. The first-order valence-electron chi connectivity index (χ1n) is 9.10. The Morgan fingerprint density at radius 2 is 1.50 bits per heavy atom. The molecule has 1 aliphatic heterocycles. The van der Waals surface area contributed by atoms with Gasteiger partial charge in [-0.25, -0.2) is 0 Å². The smallest absolute Gasteiger partial charge is 0.125 e. The summed E-state index contributed by atoms with van der Waals surface area (Å²) >= 11 is 0. The number of piperidine rings is 1. The number of benzene rings is 1. The van der Waals surface area contributed by atoms with Crippen LogP contribution >= 0.6 is 0 Å². The molecule has 0 N–H and O–H groups in total. The van der Waals surface area contributed by atoms with Crippen molar-refractivity contribution in [2.45, 2.75) is 65.7 Å². The third-order valence-corrected chi connectivity index (χ3v) is 4.67. The van der Waals surface area contributed by atoms with Gasteiger partial charge in [0, 0.05) is 0 Å². The molecule has 1 aromatic rings. The predicted molar refractivity (Wildman–Crippen MR) is 94.9 cm³/mol. The third kappa shape index (κ3) is 5.64. The molecule has 1 aromatic carbocycles. The topological polar surface area (TPSA) is 12.5 Å². The zero-order valence-electron chi connectivity index (χ0n) is 14.8. The lowest BCUT2D eigenvalue weighted by atomic mass is 10.1. The molecule has 1 heterocycles. The molecule has 2 nitrogen and oxygen atoms in total. The molecular formula is C20H33NO. The molecule has 0 spiro atoms. The molecule has 0 aromatic heterocycles. The van der Waals surface area contributed by atoms with Crippen molar-refractivity contribution in [1.29, 1.82) is 0 Å². The van der Waals surface area contributed by atoms with Crippen LogP contribution in [0.4, 0.5) is 0 Å². The van der Waals surface area contributed by atoms with Crippen molar-refractivity contribution in [3.05, 3.63) is 28.8 Å². The highest BCUT2D eigenvalue weighted by molar-refractivity contribution is 5.42. The SMILES string of the molecule is Cc1cc(C)c(OCCCCCCN2CCCCC2)c(C)c1. The van der Waals surface area contributed by atoms with E-state index in [2.05, 4.69) is 37.8 Å². The third-order valence-electron chi connectivity index (χ3n) is 4.67. The Labute approximate surface area is 136 Å². The van der Waals surface area contributed by atoms with Gasteiger partial charge < -0.3 is 9.64 Å². The number of likely N-dealkylation sites (tertiary alicyclic amines) is 1. The average Bonchev–Trinajstić information content (AvgIpc) is 2.49. The first kappa shape index (κ1) is 17.3. The Balaban J connectivity index is 1.56. The minimum Gasteiger partial charge on any atom is -0.493 e. The molecule has 124 valence electrons. The Kier molecular flexibility index (Phi) is 7.24. The van der Waals surface area contributed by atoms with E-state index in [0.717, 1.165) is 12.4 Å². The van der Waals surface area contributed by atoms with Gasteiger partial charge in [0.1, 0.15) is 5.75 Å². The Hall–Kier alpha value is -1.02. The molecule has 0 saturated carbocycles. The van der Waals surface area contributed by atoms with Crippen LogP contribution in [0.15, 0.2) is 12.1 Å². The molecule has 0 aliphatic carbocycles. The van der Waals surface area contributed by atoms with Crippen LogP contribution in [-0.2, 0) is 0 Å². The van der Waals surface area contributed by atoms with Gasteiger partial charge in [0.2, 0.25) is 0 Å². The maximum atomic E-state index is 6.01. The lowest BCUT2D eigenvalue weighted by Crippen LogP contribution is -2.30. The van der Waals surface area contributed by atoms with Crippen molar-refractivity contribution in [2.24, 2.45) is 0 Å². The van der Waals surface area contributed by atoms with Gasteiger partial charge in [0.25, 0.3) is 0 Å². The summed E-state index contributed by atoms with van der Waals surface area (Å²) in [7, 11) is 0. The Bertz CT molecular complexity index is 426. The highest BCUT2D eigenvalue weighted by Gasteiger charge is 2.09. The number of rotatable bonds is 8. The largest absolute Gasteiger partial charge is 0.493 e. The first-order valence-corrected chi connectivity index (χ1v) is 9.10. The lowest BCUT2D eigenvalue weighted by molar-refractivity contribution is 0.223. The highest BCUT2D eigenvalue weighted by Crippen LogP contribution is 2.24. The van der Waals surface area contributed by atoms with E-state index in [1.807, 2.05) is 0 Å². The predicted octanol–water partition coefficient (Wildman–Crippen LogP) is 5.04. The Morgan fingerprint density at radius 3 is 2.18 bits per heavy atom. The van der Waals surface area contributed by atoms with Crippen LogP contribution in [0.1, 0.15) is 61.6 Å². The fraction of sp³-hybridized carbons (Fsp3) is 0.700.